The molecule has 1 aliphatic heterocycles. The summed E-state index contributed by atoms with van der Waals surface area (Å²) in [6.45, 7) is 3.82. The van der Waals surface area contributed by atoms with Crippen LogP contribution in [-0.4, -0.2) is 18.5 Å². The fourth-order valence-electron chi connectivity index (χ4n) is 3.38. The SMILES string of the molecule is Cc1cc2c(o1)CN(C)CCC2Oc1ccc2ccccc2c1Br.Cl. The van der Waals surface area contributed by atoms with E-state index in [4.69, 9.17) is 9.15 Å². The van der Waals surface area contributed by atoms with E-state index in [0.717, 1.165) is 41.3 Å². The summed E-state index contributed by atoms with van der Waals surface area (Å²) in [5.74, 6) is 2.85. The van der Waals surface area contributed by atoms with Crippen LogP contribution in [0.3, 0.4) is 0 Å². The molecule has 4 rings (SSSR count). The van der Waals surface area contributed by atoms with E-state index in [1.165, 1.54) is 16.3 Å². The Balaban J connectivity index is 0.00000182. The van der Waals surface area contributed by atoms with Crippen LogP contribution in [0.25, 0.3) is 10.8 Å². The lowest BCUT2D eigenvalue weighted by atomic mass is 10.1. The standard InChI is InChI=1S/C20H20BrNO2.ClH/c1-13-11-16-17(9-10-22(2)12-19(16)23-13)24-18-8-7-14-5-3-4-6-15(14)20(18)21;/h3-8,11,17H,9-10,12H2,1-2H3;1H. The number of hydrogen-bond donors (Lipinski definition) is 0. The molecule has 0 bridgehead atoms. The summed E-state index contributed by atoms with van der Waals surface area (Å²) in [5, 5.41) is 2.38. The largest absolute Gasteiger partial charge is 0.484 e. The average Bonchev–Trinajstić information content (AvgIpc) is 2.87. The van der Waals surface area contributed by atoms with Crippen LogP contribution in [0.2, 0.25) is 0 Å². The summed E-state index contributed by atoms with van der Waals surface area (Å²) < 4.78 is 13.3. The van der Waals surface area contributed by atoms with Gasteiger partial charge in [-0.15, -0.1) is 12.4 Å². The maximum Gasteiger partial charge on any atom is 0.135 e. The second-order valence-corrected chi connectivity index (χ2v) is 7.26. The van der Waals surface area contributed by atoms with Crippen molar-refractivity contribution in [1.82, 2.24) is 4.90 Å². The highest BCUT2D eigenvalue weighted by Crippen LogP contribution is 2.38. The average molecular weight is 423 g/mol. The van der Waals surface area contributed by atoms with E-state index in [1.54, 1.807) is 0 Å². The van der Waals surface area contributed by atoms with Crippen molar-refractivity contribution in [2.24, 2.45) is 0 Å². The summed E-state index contributed by atoms with van der Waals surface area (Å²) in [6.07, 6.45) is 0.960. The van der Waals surface area contributed by atoms with Gasteiger partial charge >= 0.3 is 0 Å². The third-order valence-corrected chi connectivity index (χ3v) is 5.41. The second-order valence-electron chi connectivity index (χ2n) is 6.47. The van der Waals surface area contributed by atoms with E-state index < -0.39 is 0 Å². The highest BCUT2D eigenvalue weighted by atomic mass is 79.9. The topological polar surface area (TPSA) is 25.6 Å². The monoisotopic (exact) mass is 421 g/mol. The van der Waals surface area contributed by atoms with Crippen LogP contribution < -0.4 is 4.74 Å². The molecule has 0 saturated heterocycles. The van der Waals surface area contributed by atoms with Crippen LogP contribution in [-0.2, 0) is 6.54 Å². The molecule has 0 aliphatic carbocycles. The van der Waals surface area contributed by atoms with E-state index in [2.05, 4.69) is 64.3 Å². The van der Waals surface area contributed by atoms with Gasteiger partial charge in [0.2, 0.25) is 0 Å². The molecule has 0 N–H and O–H groups in total. The van der Waals surface area contributed by atoms with Gasteiger partial charge in [0, 0.05) is 18.5 Å². The number of aryl methyl sites for hydroxylation is 1. The van der Waals surface area contributed by atoms with E-state index in [9.17, 15) is 0 Å². The Labute approximate surface area is 162 Å². The van der Waals surface area contributed by atoms with Gasteiger partial charge in [-0.1, -0.05) is 30.3 Å². The van der Waals surface area contributed by atoms with Gasteiger partial charge in [-0.05, 0) is 52.8 Å². The van der Waals surface area contributed by atoms with E-state index >= 15 is 0 Å². The molecule has 0 saturated carbocycles. The number of benzene rings is 2. The van der Waals surface area contributed by atoms with Gasteiger partial charge in [0.05, 0.1) is 11.0 Å². The lowest BCUT2D eigenvalue weighted by Crippen LogP contribution is -2.18. The van der Waals surface area contributed by atoms with Crippen LogP contribution in [0.5, 0.6) is 5.75 Å². The molecule has 1 aliphatic rings. The Morgan fingerprint density at radius 3 is 2.84 bits per heavy atom. The molecular formula is C20H21BrClNO2. The Kier molecular flexibility index (Phi) is 5.42. The fourth-order valence-corrected chi connectivity index (χ4v) is 3.96. The van der Waals surface area contributed by atoms with Crippen LogP contribution in [0.15, 0.2) is 51.4 Å². The molecule has 1 atom stereocenters. The minimum Gasteiger partial charge on any atom is -0.484 e. The van der Waals surface area contributed by atoms with Crippen molar-refractivity contribution >= 4 is 39.1 Å². The zero-order valence-corrected chi connectivity index (χ0v) is 16.7. The van der Waals surface area contributed by atoms with Gasteiger partial charge < -0.3 is 9.15 Å². The summed E-state index contributed by atoms with van der Waals surface area (Å²) in [6, 6.07) is 14.6. The Hall–Kier alpha value is -1.49. The van der Waals surface area contributed by atoms with Crippen molar-refractivity contribution < 1.29 is 9.15 Å². The predicted molar refractivity (Wildman–Crippen MR) is 107 cm³/mol. The molecule has 2 heterocycles. The van der Waals surface area contributed by atoms with Crippen LogP contribution in [0.1, 0.15) is 29.6 Å². The van der Waals surface area contributed by atoms with Crippen molar-refractivity contribution in [3.05, 3.63) is 64.0 Å². The van der Waals surface area contributed by atoms with Gasteiger partial charge in [0.1, 0.15) is 23.4 Å². The van der Waals surface area contributed by atoms with Crippen molar-refractivity contribution in [2.75, 3.05) is 13.6 Å². The first-order chi connectivity index (χ1) is 11.6. The van der Waals surface area contributed by atoms with Gasteiger partial charge in [-0.2, -0.15) is 0 Å². The summed E-state index contributed by atoms with van der Waals surface area (Å²) in [5.41, 5.74) is 1.18. The first kappa shape index (κ1) is 18.3. The third kappa shape index (κ3) is 3.57. The van der Waals surface area contributed by atoms with Crippen molar-refractivity contribution in [3.8, 4) is 5.75 Å². The predicted octanol–water partition coefficient (Wildman–Crippen LogP) is 5.88. The number of hydrogen-bond acceptors (Lipinski definition) is 3. The van der Waals surface area contributed by atoms with Crippen LogP contribution in [0, 0.1) is 6.92 Å². The van der Waals surface area contributed by atoms with Crippen molar-refractivity contribution in [2.45, 2.75) is 26.0 Å². The molecule has 1 unspecified atom stereocenters. The molecular weight excluding hydrogens is 402 g/mol. The van der Waals surface area contributed by atoms with Gasteiger partial charge in [-0.3, -0.25) is 4.90 Å². The minimum absolute atomic E-state index is 0. The zero-order valence-electron chi connectivity index (χ0n) is 14.3. The molecule has 0 spiro atoms. The van der Waals surface area contributed by atoms with E-state index in [0.29, 0.717) is 0 Å². The summed E-state index contributed by atoms with van der Waals surface area (Å²) in [7, 11) is 2.12. The van der Waals surface area contributed by atoms with E-state index in [-0.39, 0.29) is 18.5 Å². The van der Waals surface area contributed by atoms with Crippen LogP contribution >= 0.6 is 28.3 Å². The quantitative estimate of drug-likeness (QED) is 0.515. The normalized spacial score (nSPS) is 17.6. The summed E-state index contributed by atoms with van der Waals surface area (Å²) >= 11 is 3.73. The third-order valence-electron chi connectivity index (χ3n) is 4.60. The number of halogens is 2. The lowest BCUT2D eigenvalue weighted by Gasteiger charge is -2.19. The molecule has 25 heavy (non-hydrogen) atoms. The minimum atomic E-state index is 0. The number of furan rings is 1. The number of fused-ring (bicyclic) bond motifs is 2. The maximum absolute atomic E-state index is 6.43. The molecule has 132 valence electrons. The Bertz CT molecular complexity index is 893. The number of ether oxygens (including phenoxy) is 1. The molecule has 5 heteroatoms. The second kappa shape index (κ2) is 7.40. The van der Waals surface area contributed by atoms with Gasteiger partial charge in [0.15, 0.2) is 0 Å². The molecule has 2 aromatic carbocycles. The van der Waals surface area contributed by atoms with Gasteiger partial charge in [0.25, 0.3) is 0 Å². The molecule has 0 amide bonds. The summed E-state index contributed by atoms with van der Waals surface area (Å²) in [4.78, 5) is 2.28. The Morgan fingerprint density at radius 1 is 1.20 bits per heavy atom. The van der Waals surface area contributed by atoms with Crippen molar-refractivity contribution in [1.29, 1.82) is 0 Å². The molecule has 0 fully saturated rings. The lowest BCUT2D eigenvalue weighted by molar-refractivity contribution is 0.181. The fraction of sp³-hybridized carbons (Fsp3) is 0.300. The molecule has 0 radical (unpaired) electrons. The van der Waals surface area contributed by atoms with Crippen molar-refractivity contribution in [3.63, 3.8) is 0 Å². The number of nitrogens with zero attached hydrogens (tertiary/aromatic N) is 1. The van der Waals surface area contributed by atoms with Gasteiger partial charge in [-0.25, -0.2) is 0 Å². The maximum atomic E-state index is 6.43. The Morgan fingerprint density at radius 2 is 2.00 bits per heavy atom. The van der Waals surface area contributed by atoms with Crippen LogP contribution in [0.4, 0.5) is 0 Å². The highest BCUT2D eigenvalue weighted by molar-refractivity contribution is 9.10. The number of rotatable bonds is 2. The van der Waals surface area contributed by atoms with E-state index in [1.807, 2.05) is 13.0 Å². The molecule has 3 nitrogen and oxygen atoms in total. The first-order valence-electron chi connectivity index (χ1n) is 8.23. The molecule has 3 aromatic rings. The highest BCUT2D eigenvalue weighted by Gasteiger charge is 2.26. The molecule has 1 aromatic heterocycles. The zero-order chi connectivity index (χ0) is 16.7. The smallest absolute Gasteiger partial charge is 0.135 e. The first-order valence-corrected chi connectivity index (χ1v) is 9.03.